The van der Waals surface area contributed by atoms with E-state index in [1.165, 1.54) is 4.90 Å². The van der Waals surface area contributed by atoms with Crippen LogP contribution in [0.1, 0.15) is 43.2 Å². The Bertz CT molecular complexity index is 1630. The first kappa shape index (κ1) is 36.9. The predicted octanol–water partition coefficient (Wildman–Crippen LogP) is 3.12. The van der Waals surface area contributed by atoms with Gasteiger partial charge in [-0.25, -0.2) is 0 Å². The molecule has 0 aliphatic carbocycles. The van der Waals surface area contributed by atoms with Crippen LogP contribution in [0.15, 0.2) is 66.7 Å². The van der Waals surface area contributed by atoms with Gasteiger partial charge in [0.15, 0.2) is 0 Å². The zero-order chi connectivity index (χ0) is 34.7. The predicted molar refractivity (Wildman–Crippen MR) is 185 cm³/mol. The number of nitrogens with zero attached hydrogens (tertiary/aromatic N) is 1. The largest absolute Gasteiger partial charge is 0.497 e. The molecule has 1 aliphatic heterocycles. The molecular weight excluding hydrogens is 655 g/mol. The van der Waals surface area contributed by atoms with E-state index in [2.05, 4.69) is 10.6 Å². The van der Waals surface area contributed by atoms with Crippen LogP contribution < -0.4 is 21.1 Å². The molecule has 3 aromatic rings. The van der Waals surface area contributed by atoms with E-state index in [0.717, 1.165) is 39.4 Å². The quantitative estimate of drug-likeness (QED) is 0.140. The first-order valence-corrected chi connectivity index (χ1v) is 18.8. The summed E-state index contributed by atoms with van der Waals surface area (Å²) in [6.07, 6.45) is 3.07. The van der Waals surface area contributed by atoms with Crippen molar-refractivity contribution in [3.8, 4) is 5.75 Å². The summed E-state index contributed by atoms with van der Waals surface area (Å²) in [6.45, 7) is 0.246. The van der Waals surface area contributed by atoms with Gasteiger partial charge in [0.1, 0.15) is 23.9 Å². The highest BCUT2D eigenvalue weighted by Crippen LogP contribution is 2.38. The van der Waals surface area contributed by atoms with Gasteiger partial charge in [0, 0.05) is 25.1 Å². The molecule has 0 aromatic heterocycles. The highest BCUT2D eigenvalue weighted by atomic mass is 32.2. The number of rotatable bonds is 16. The summed E-state index contributed by atoms with van der Waals surface area (Å²) in [4.78, 5) is 73.1. The summed E-state index contributed by atoms with van der Waals surface area (Å²) in [5.74, 6) is -1.52. The Morgan fingerprint density at radius 1 is 0.979 bits per heavy atom. The number of carbonyl (C=O) groups is 4. The lowest BCUT2D eigenvalue weighted by Crippen LogP contribution is -2.60. The number of fused-ring (bicyclic) bond motifs is 1. The van der Waals surface area contributed by atoms with Crippen molar-refractivity contribution < 1.29 is 38.3 Å². The van der Waals surface area contributed by atoms with Crippen LogP contribution in [0.4, 0.5) is 0 Å². The van der Waals surface area contributed by atoms with Crippen molar-refractivity contribution in [2.45, 2.75) is 63.1 Å². The van der Waals surface area contributed by atoms with Crippen molar-refractivity contribution in [1.82, 2.24) is 15.5 Å². The zero-order valence-corrected chi connectivity index (χ0v) is 28.6. The lowest BCUT2D eigenvalue weighted by molar-refractivity contribution is -0.145. The van der Waals surface area contributed by atoms with Crippen LogP contribution in [-0.2, 0) is 36.6 Å². The van der Waals surface area contributed by atoms with E-state index in [9.17, 15) is 33.5 Å². The van der Waals surface area contributed by atoms with Gasteiger partial charge in [-0.05, 0) is 66.1 Å². The van der Waals surface area contributed by atoms with Crippen LogP contribution in [0.25, 0.3) is 10.8 Å². The highest BCUT2D eigenvalue weighted by molar-refractivity contribution is 8.04. The van der Waals surface area contributed by atoms with E-state index >= 15 is 0 Å². The average Bonchev–Trinajstić information content (AvgIpc) is 3.06. The number of carbonyl (C=O) groups excluding carboxylic acids is 4. The molecule has 6 N–H and O–H groups in total. The number of nitrogens with two attached hydrogens (primary N) is 1. The van der Waals surface area contributed by atoms with Crippen molar-refractivity contribution in [2.24, 2.45) is 5.73 Å². The summed E-state index contributed by atoms with van der Waals surface area (Å²) in [7, 11) is -2.78. The fourth-order valence-electron chi connectivity index (χ4n) is 5.74. The third-order valence-electron chi connectivity index (χ3n) is 8.21. The van der Waals surface area contributed by atoms with E-state index in [1.807, 2.05) is 66.7 Å². The number of hydrogen-bond acceptors (Lipinski definition) is 7. The maximum Gasteiger partial charge on any atom is 0.335 e. The molecule has 1 heterocycles. The minimum absolute atomic E-state index is 0.0924. The number of thioether (sulfide) groups is 1. The second kappa shape index (κ2) is 17.5. The Labute approximate surface area is 284 Å². The van der Waals surface area contributed by atoms with E-state index in [0.29, 0.717) is 32.1 Å². The second-order valence-corrected chi connectivity index (χ2v) is 15.0. The Morgan fingerprint density at radius 2 is 1.69 bits per heavy atom. The fraction of sp³-hybridized carbons (Fsp3) is 0.412. The van der Waals surface area contributed by atoms with Gasteiger partial charge in [-0.2, -0.15) is 0 Å². The van der Waals surface area contributed by atoms with Gasteiger partial charge < -0.3 is 35.8 Å². The first-order valence-electron chi connectivity index (χ1n) is 15.9. The Hall–Kier alpha value is -3.90. The SMILES string of the molecule is COc1ccc(CCCC(=O)N[C@@H](CSCP(=O)(O)O)C(=O)N2CCCC[C@H]2C(=O)N[C@@H](Cc2ccc3ccccc3c2)C(N)=O)cc1. The van der Waals surface area contributed by atoms with Crippen LogP contribution in [0, 0.1) is 0 Å². The van der Waals surface area contributed by atoms with E-state index in [4.69, 9.17) is 10.5 Å². The van der Waals surface area contributed by atoms with Crippen molar-refractivity contribution in [3.05, 3.63) is 77.9 Å². The molecule has 0 unspecified atom stereocenters. The molecule has 1 aliphatic rings. The molecule has 0 bridgehead atoms. The summed E-state index contributed by atoms with van der Waals surface area (Å²) < 4.78 is 16.7. The number of likely N-dealkylation sites (tertiary alicyclic amines) is 1. The molecule has 258 valence electrons. The lowest BCUT2D eigenvalue weighted by Gasteiger charge is -2.37. The number of hydrogen-bond donors (Lipinski definition) is 5. The molecular formula is C34H43N4O8PS. The topological polar surface area (TPSA) is 188 Å². The van der Waals surface area contributed by atoms with Gasteiger partial charge >= 0.3 is 7.60 Å². The van der Waals surface area contributed by atoms with E-state index < -0.39 is 48.9 Å². The lowest BCUT2D eigenvalue weighted by atomic mass is 9.98. The van der Waals surface area contributed by atoms with E-state index in [1.54, 1.807) is 7.11 Å². The first-order chi connectivity index (χ1) is 22.9. The summed E-state index contributed by atoms with van der Waals surface area (Å²) in [5, 5.41) is 7.51. The van der Waals surface area contributed by atoms with Crippen molar-refractivity contribution in [2.75, 3.05) is 24.9 Å². The second-order valence-electron chi connectivity index (χ2n) is 11.9. The van der Waals surface area contributed by atoms with Gasteiger partial charge in [-0.1, -0.05) is 54.6 Å². The van der Waals surface area contributed by atoms with Crippen molar-refractivity contribution >= 4 is 53.8 Å². The average molecular weight is 699 g/mol. The Morgan fingerprint density at radius 3 is 2.38 bits per heavy atom. The maximum atomic E-state index is 13.9. The van der Waals surface area contributed by atoms with Crippen LogP contribution in [0.5, 0.6) is 5.75 Å². The monoisotopic (exact) mass is 698 g/mol. The molecule has 0 saturated carbocycles. The van der Waals surface area contributed by atoms with Crippen LogP contribution in [0.2, 0.25) is 0 Å². The normalized spacial score (nSPS) is 16.1. The molecule has 1 fully saturated rings. The van der Waals surface area contributed by atoms with Gasteiger partial charge in [0.05, 0.1) is 12.6 Å². The molecule has 0 radical (unpaired) electrons. The number of aryl methyl sites for hydroxylation is 1. The number of primary amides is 1. The number of piperidine rings is 1. The summed E-state index contributed by atoms with van der Waals surface area (Å²) in [6, 6.07) is 18.0. The fourth-order valence-corrected chi connectivity index (χ4v) is 7.57. The zero-order valence-electron chi connectivity index (χ0n) is 26.9. The molecule has 1 saturated heterocycles. The third-order valence-corrected chi connectivity index (χ3v) is 10.9. The molecule has 3 aromatic carbocycles. The van der Waals surface area contributed by atoms with Gasteiger partial charge in [-0.15, -0.1) is 11.8 Å². The van der Waals surface area contributed by atoms with E-state index in [-0.39, 0.29) is 31.0 Å². The molecule has 3 atom stereocenters. The number of ether oxygens (including phenoxy) is 1. The Kier molecular flexibility index (Phi) is 13.5. The summed E-state index contributed by atoms with van der Waals surface area (Å²) in [5.41, 5.74) is 7.00. The van der Waals surface area contributed by atoms with Crippen LogP contribution in [0.3, 0.4) is 0 Å². The molecule has 0 spiro atoms. The highest BCUT2D eigenvalue weighted by Gasteiger charge is 2.37. The summed E-state index contributed by atoms with van der Waals surface area (Å²) >= 11 is 0.854. The molecule has 12 nitrogen and oxygen atoms in total. The maximum absolute atomic E-state index is 13.9. The van der Waals surface area contributed by atoms with Gasteiger partial charge in [0.2, 0.25) is 23.6 Å². The van der Waals surface area contributed by atoms with Crippen molar-refractivity contribution in [1.29, 1.82) is 0 Å². The number of benzene rings is 3. The number of nitrogens with one attached hydrogen (secondary N) is 2. The third kappa shape index (κ3) is 11.1. The van der Waals surface area contributed by atoms with Crippen molar-refractivity contribution in [3.63, 3.8) is 0 Å². The molecule has 14 heteroatoms. The van der Waals surface area contributed by atoms with Crippen LogP contribution >= 0.6 is 19.4 Å². The molecule has 4 rings (SSSR count). The van der Waals surface area contributed by atoms with Crippen LogP contribution in [-0.4, -0.2) is 81.3 Å². The molecule has 48 heavy (non-hydrogen) atoms. The van der Waals surface area contributed by atoms with Gasteiger partial charge in [-0.3, -0.25) is 23.7 Å². The minimum Gasteiger partial charge on any atom is -0.497 e. The minimum atomic E-state index is -4.36. The Balaban J connectivity index is 1.42. The number of methoxy groups -OCH3 is 1. The molecule has 4 amide bonds. The standard InChI is InChI=1S/C34H43N4O8PS/c1-46-27-16-13-23(14-17-27)7-6-11-31(39)36-29(21-48-22-47(43,44)45)34(42)38-18-5-4-10-30(38)33(41)37-28(32(35)40)20-24-12-15-25-8-2-3-9-26(25)19-24/h2-3,8-9,12-17,19,28-30H,4-7,10-11,18,20-22H2,1H3,(H2,35,40)(H,36,39)(H,37,41)(H2,43,44,45)/t28-,29-,30-/m0/s1. The number of amides is 4. The van der Waals surface area contributed by atoms with Gasteiger partial charge in [0.25, 0.3) is 0 Å². The smallest absolute Gasteiger partial charge is 0.335 e.